The highest BCUT2D eigenvalue weighted by Gasteiger charge is 2.27. The molecule has 150 valence electrons. The van der Waals surface area contributed by atoms with E-state index in [1.54, 1.807) is 21.3 Å². The number of carbonyl (C=O) groups is 1. The lowest BCUT2D eigenvalue weighted by Crippen LogP contribution is -2.29. The summed E-state index contributed by atoms with van der Waals surface area (Å²) >= 11 is 0. The summed E-state index contributed by atoms with van der Waals surface area (Å²) in [7, 11) is -1.56. The van der Waals surface area contributed by atoms with Gasteiger partial charge in [0, 0.05) is 26.6 Å². The van der Waals surface area contributed by atoms with E-state index in [4.69, 9.17) is 0 Å². The maximum absolute atomic E-state index is 12.6. The van der Waals surface area contributed by atoms with Crippen molar-refractivity contribution in [2.75, 3.05) is 20.1 Å². The number of amides is 1. The van der Waals surface area contributed by atoms with Crippen LogP contribution in [0, 0.1) is 0 Å². The van der Waals surface area contributed by atoms with Crippen molar-refractivity contribution < 1.29 is 13.2 Å². The predicted molar refractivity (Wildman–Crippen MR) is 110 cm³/mol. The second-order valence-electron chi connectivity index (χ2n) is 7.35. The molecule has 0 saturated carbocycles. The Hall–Kier alpha value is -2.18. The van der Waals surface area contributed by atoms with E-state index in [2.05, 4.69) is 0 Å². The largest absolute Gasteiger partial charge is 0.339 e. The number of benzene rings is 2. The summed E-state index contributed by atoms with van der Waals surface area (Å²) in [6.07, 6.45) is 2.84. The first-order chi connectivity index (χ1) is 13.4. The summed E-state index contributed by atoms with van der Waals surface area (Å²) in [5.74, 6) is 0.0742. The van der Waals surface area contributed by atoms with E-state index < -0.39 is 10.0 Å². The molecule has 28 heavy (non-hydrogen) atoms. The molecule has 0 unspecified atom stereocenters. The molecule has 5 nitrogen and oxygen atoms in total. The number of rotatable bonds is 7. The van der Waals surface area contributed by atoms with E-state index in [0.717, 1.165) is 24.0 Å². The summed E-state index contributed by atoms with van der Waals surface area (Å²) in [5, 5.41) is 0. The van der Waals surface area contributed by atoms with Gasteiger partial charge < -0.3 is 4.90 Å². The van der Waals surface area contributed by atoms with E-state index in [-0.39, 0.29) is 11.9 Å². The summed E-state index contributed by atoms with van der Waals surface area (Å²) in [4.78, 5) is 14.7. The Balaban J connectivity index is 1.58. The Morgan fingerprint density at radius 3 is 2.25 bits per heavy atom. The number of hydrogen-bond acceptors (Lipinski definition) is 3. The van der Waals surface area contributed by atoms with Gasteiger partial charge in [0.25, 0.3) is 0 Å². The topological polar surface area (TPSA) is 57.7 Å². The van der Waals surface area contributed by atoms with Gasteiger partial charge in [0.15, 0.2) is 0 Å². The lowest BCUT2D eigenvalue weighted by Gasteiger charge is -2.25. The van der Waals surface area contributed by atoms with E-state index >= 15 is 0 Å². The lowest BCUT2D eigenvalue weighted by atomic mass is 10.1. The maximum Gasteiger partial charge on any atom is 0.243 e. The van der Waals surface area contributed by atoms with Crippen molar-refractivity contribution in [3.63, 3.8) is 0 Å². The fourth-order valence-corrected chi connectivity index (χ4v) is 5.02. The molecule has 3 rings (SSSR count). The lowest BCUT2D eigenvalue weighted by molar-refractivity contribution is -0.131. The molecule has 6 heteroatoms. The van der Waals surface area contributed by atoms with Crippen LogP contribution < -0.4 is 0 Å². The molecule has 2 aromatic rings. The number of aryl methyl sites for hydroxylation is 1. The van der Waals surface area contributed by atoms with Crippen LogP contribution in [-0.2, 0) is 21.2 Å². The summed E-state index contributed by atoms with van der Waals surface area (Å²) in [6, 6.07) is 16.9. The molecular formula is C22H28N2O3S. The van der Waals surface area contributed by atoms with Gasteiger partial charge in [-0.25, -0.2) is 8.42 Å². The summed E-state index contributed by atoms with van der Waals surface area (Å²) in [5.41, 5.74) is 2.07. The van der Waals surface area contributed by atoms with E-state index in [1.165, 1.54) is 0 Å². The van der Waals surface area contributed by atoms with Gasteiger partial charge in [-0.2, -0.15) is 4.31 Å². The van der Waals surface area contributed by atoms with Crippen LogP contribution >= 0.6 is 0 Å². The zero-order valence-electron chi connectivity index (χ0n) is 16.5. The third-order valence-electron chi connectivity index (χ3n) is 5.51. The molecule has 0 aliphatic carbocycles. The van der Waals surface area contributed by atoms with Gasteiger partial charge in [0.1, 0.15) is 0 Å². The molecule has 1 atom stereocenters. The fourth-order valence-electron chi connectivity index (χ4n) is 3.50. The van der Waals surface area contributed by atoms with E-state index in [1.807, 2.05) is 56.4 Å². The van der Waals surface area contributed by atoms with Crippen LogP contribution in [0.25, 0.3) is 0 Å². The quantitative estimate of drug-likeness (QED) is 0.713. The molecule has 0 spiro atoms. The zero-order chi connectivity index (χ0) is 20.1. The minimum Gasteiger partial charge on any atom is -0.339 e. The van der Waals surface area contributed by atoms with Crippen molar-refractivity contribution in [2.45, 2.75) is 43.5 Å². The average molecular weight is 401 g/mol. The number of sulfonamides is 1. The molecule has 1 aliphatic heterocycles. The van der Waals surface area contributed by atoms with Crippen LogP contribution in [0.15, 0.2) is 59.5 Å². The van der Waals surface area contributed by atoms with Gasteiger partial charge in [-0.1, -0.05) is 42.5 Å². The Labute approximate surface area is 168 Å². The van der Waals surface area contributed by atoms with Gasteiger partial charge in [0.05, 0.1) is 10.9 Å². The van der Waals surface area contributed by atoms with Crippen LogP contribution in [0.1, 0.15) is 43.4 Å². The Kier molecular flexibility index (Phi) is 6.52. The normalized spacial score (nSPS) is 16.1. The first-order valence-electron chi connectivity index (χ1n) is 9.79. The summed E-state index contributed by atoms with van der Waals surface area (Å²) in [6.45, 7) is 3.22. The van der Waals surface area contributed by atoms with Crippen molar-refractivity contribution in [1.29, 1.82) is 0 Å². The molecule has 1 aliphatic rings. The molecule has 2 aromatic carbocycles. The second kappa shape index (κ2) is 8.88. The Morgan fingerprint density at radius 1 is 1.04 bits per heavy atom. The third-order valence-corrected chi connectivity index (χ3v) is 7.42. The molecule has 0 radical (unpaired) electrons. The average Bonchev–Trinajstić information content (AvgIpc) is 3.27. The molecule has 1 heterocycles. The Morgan fingerprint density at radius 2 is 1.64 bits per heavy atom. The summed E-state index contributed by atoms with van der Waals surface area (Å²) < 4.78 is 26.7. The van der Waals surface area contributed by atoms with Crippen LogP contribution in [0.5, 0.6) is 0 Å². The van der Waals surface area contributed by atoms with E-state index in [0.29, 0.717) is 30.8 Å². The van der Waals surface area contributed by atoms with Crippen molar-refractivity contribution in [3.8, 4) is 0 Å². The van der Waals surface area contributed by atoms with Crippen molar-refractivity contribution in [1.82, 2.24) is 9.21 Å². The minimum atomic E-state index is -3.38. The predicted octanol–water partition coefficient (Wildman–Crippen LogP) is 3.62. The van der Waals surface area contributed by atoms with Gasteiger partial charge in [-0.05, 0) is 49.4 Å². The number of carbonyl (C=O) groups excluding carboxylic acids is 1. The molecule has 0 N–H and O–H groups in total. The van der Waals surface area contributed by atoms with Gasteiger partial charge in [-0.3, -0.25) is 4.79 Å². The number of hydrogen-bond donors (Lipinski definition) is 0. The van der Waals surface area contributed by atoms with Crippen LogP contribution in [0.4, 0.5) is 0 Å². The van der Waals surface area contributed by atoms with Gasteiger partial charge in [0.2, 0.25) is 15.9 Å². The monoisotopic (exact) mass is 400 g/mol. The third kappa shape index (κ3) is 4.62. The van der Waals surface area contributed by atoms with Gasteiger partial charge in [-0.15, -0.1) is 0 Å². The van der Waals surface area contributed by atoms with Crippen LogP contribution in [-0.4, -0.2) is 43.7 Å². The van der Waals surface area contributed by atoms with Crippen molar-refractivity contribution in [2.24, 2.45) is 0 Å². The highest BCUT2D eigenvalue weighted by Crippen LogP contribution is 2.22. The molecule has 0 aromatic heterocycles. The standard InChI is InChI=1S/C22H28N2O3S/c1-18(20-8-4-3-5-9-20)23(2)22(25)15-12-19-10-13-21(14-11-19)28(26,27)24-16-6-7-17-24/h3-5,8-11,13-14,18H,6-7,12,15-17H2,1-2H3/t18-/m1/s1. The van der Waals surface area contributed by atoms with Crippen molar-refractivity contribution >= 4 is 15.9 Å². The Bertz CT molecular complexity index is 889. The second-order valence-corrected chi connectivity index (χ2v) is 9.28. The molecular weight excluding hydrogens is 372 g/mol. The molecule has 1 saturated heterocycles. The number of nitrogens with zero attached hydrogens (tertiary/aromatic N) is 2. The zero-order valence-corrected chi connectivity index (χ0v) is 17.4. The molecule has 1 amide bonds. The first kappa shape index (κ1) is 20.6. The maximum atomic E-state index is 12.6. The van der Waals surface area contributed by atoms with Crippen LogP contribution in [0.2, 0.25) is 0 Å². The minimum absolute atomic E-state index is 0.0154. The SMILES string of the molecule is C[C@H](c1ccccc1)N(C)C(=O)CCc1ccc(S(=O)(=O)N2CCCC2)cc1. The molecule has 1 fully saturated rings. The van der Waals surface area contributed by atoms with E-state index in [9.17, 15) is 13.2 Å². The smallest absolute Gasteiger partial charge is 0.243 e. The van der Waals surface area contributed by atoms with Gasteiger partial charge >= 0.3 is 0 Å². The molecule has 0 bridgehead atoms. The highest BCUT2D eigenvalue weighted by molar-refractivity contribution is 7.89. The first-order valence-corrected chi connectivity index (χ1v) is 11.2. The van der Waals surface area contributed by atoms with Crippen molar-refractivity contribution in [3.05, 3.63) is 65.7 Å². The van der Waals surface area contributed by atoms with Crippen LogP contribution in [0.3, 0.4) is 0 Å². The highest BCUT2D eigenvalue weighted by atomic mass is 32.2. The fraction of sp³-hybridized carbons (Fsp3) is 0.409.